The van der Waals surface area contributed by atoms with Gasteiger partial charge in [-0.3, -0.25) is 0 Å². The van der Waals surface area contributed by atoms with Crippen molar-refractivity contribution in [1.29, 1.82) is 0 Å². The van der Waals surface area contributed by atoms with E-state index in [0.717, 1.165) is 11.6 Å². The third kappa shape index (κ3) is 2.57. The minimum absolute atomic E-state index is 0.0573. The van der Waals surface area contributed by atoms with E-state index in [1.807, 2.05) is 0 Å². The van der Waals surface area contributed by atoms with E-state index >= 15 is 0 Å². The lowest BCUT2D eigenvalue weighted by atomic mass is 10.3. The van der Waals surface area contributed by atoms with Crippen molar-refractivity contribution in [2.75, 3.05) is 11.5 Å². The zero-order valence-corrected chi connectivity index (χ0v) is 9.29. The molecular formula is C7H9NO5S2. The Morgan fingerprint density at radius 2 is 2.07 bits per heavy atom. The Kier molecular flexibility index (Phi) is 2.34. The third-order valence-corrected chi connectivity index (χ3v) is 4.75. The Hall–Kier alpha value is -0.890. The van der Waals surface area contributed by atoms with Crippen molar-refractivity contribution in [2.24, 2.45) is 4.40 Å². The summed E-state index contributed by atoms with van der Waals surface area (Å²) in [6, 6.07) is 0. The number of nitrogens with zero attached hydrogens (tertiary/aromatic N) is 1. The van der Waals surface area contributed by atoms with Gasteiger partial charge in [0.05, 0.1) is 23.1 Å². The van der Waals surface area contributed by atoms with Gasteiger partial charge in [0.15, 0.2) is 15.6 Å². The van der Waals surface area contributed by atoms with Gasteiger partial charge < -0.3 is 4.74 Å². The lowest BCUT2D eigenvalue weighted by Crippen LogP contribution is -2.14. The van der Waals surface area contributed by atoms with Crippen LogP contribution in [-0.2, 0) is 24.6 Å². The largest absolute Gasteiger partial charge is 0.487 e. The summed E-state index contributed by atoms with van der Waals surface area (Å²) in [7, 11) is -6.54. The highest BCUT2D eigenvalue weighted by Gasteiger charge is 2.30. The number of hydrogen-bond donors (Lipinski definition) is 0. The SMILES string of the molecule is O=S1(=O)CCC(OC2=CS(=O)(=O)N=C2)C1. The molecule has 8 heteroatoms. The molecule has 0 N–H and O–H groups in total. The van der Waals surface area contributed by atoms with Gasteiger partial charge in [0.25, 0.3) is 10.0 Å². The molecule has 15 heavy (non-hydrogen) atoms. The number of rotatable bonds is 2. The highest BCUT2D eigenvalue weighted by atomic mass is 32.2. The molecule has 1 saturated heterocycles. The first-order chi connectivity index (χ1) is 6.86. The maximum Gasteiger partial charge on any atom is 0.279 e. The number of ether oxygens (including phenoxy) is 1. The monoisotopic (exact) mass is 251 g/mol. The van der Waals surface area contributed by atoms with Gasteiger partial charge in [0.1, 0.15) is 6.10 Å². The van der Waals surface area contributed by atoms with Gasteiger partial charge in [-0.1, -0.05) is 0 Å². The zero-order chi connectivity index (χ0) is 11.1. The number of sulfonamides is 1. The molecule has 1 atom stereocenters. The van der Waals surface area contributed by atoms with Crippen molar-refractivity contribution in [2.45, 2.75) is 12.5 Å². The fraction of sp³-hybridized carbons (Fsp3) is 0.571. The topological polar surface area (TPSA) is 89.9 Å². The highest BCUT2D eigenvalue weighted by molar-refractivity contribution is 7.93. The van der Waals surface area contributed by atoms with Crippen LogP contribution in [0, 0.1) is 0 Å². The lowest BCUT2D eigenvalue weighted by molar-refractivity contribution is 0.155. The average Bonchev–Trinajstić information content (AvgIpc) is 2.56. The molecule has 1 fully saturated rings. The first-order valence-electron chi connectivity index (χ1n) is 4.25. The molecule has 6 nitrogen and oxygen atoms in total. The minimum atomic E-state index is -3.53. The molecule has 0 saturated carbocycles. The molecule has 0 bridgehead atoms. The van der Waals surface area contributed by atoms with Crippen LogP contribution in [-0.4, -0.2) is 40.7 Å². The van der Waals surface area contributed by atoms with Gasteiger partial charge in [-0.15, -0.1) is 0 Å². The third-order valence-electron chi connectivity index (χ3n) is 2.09. The van der Waals surface area contributed by atoms with Crippen LogP contribution in [0.4, 0.5) is 0 Å². The maximum atomic E-state index is 11.1. The summed E-state index contributed by atoms with van der Waals surface area (Å²) in [4.78, 5) is 0. The first kappa shape index (κ1) is 10.6. The number of hydrogen-bond acceptors (Lipinski definition) is 5. The molecule has 0 spiro atoms. The first-order valence-corrected chi connectivity index (χ1v) is 7.58. The van der Waals surface area contributed by atoms with Gasteiger partial charge in [0.2, 0.25) is 0 Å². The smallest absolute Gasteiger partial charge is 0.279 e. The van der Waals surface area contributed by atoms with Crippen LogP contribution in [0.2, 0.25) is 0 Å². The van der Waals surface area contributed by atoms with Crippen molar-refractivity contribution >= 4 is 26.1 Å². The van der Waals surface area contributed by atoms with E-state index in [4.69, 9.17) is 4.74 Å². The Labute approximate surface area is 87.6 Å². The standard InChI is InChI=1S/C7H9NO5S2/c9-14(10)2-1-6(4-14)13-7-3-8-15(11,12)5-7/h3,5-6H,1-2,4H2. The Morgan fingerprint density at radius 3 is 2.53 bits per heavy atom. The molecule has 2 heterocycles. The second-order valence-electron chi connectivity index (χ2n) is 3.41. The summed E-state index contributed by atoms with van der Waals surface area (Å²) in [6.07, 6.45) is 1.02. The van der Waals surface area contributed by atoms with Gasteiger partial charge in [0, 0.05) is 0 Å². The maximum absolute atomic E-state index is 11.1. The fourth-order valence-corrected chi connectivity index (χ4v) is 3.75. The minimum Gasteiger partial charge on any atom is -0.487 e. The van der Waals surface area contributed by atoms with Gasteiger partial charge in [-0.05, 0) is 6.42 Å². The Balaban J connectivity index is 2.05. The van der Waals surface area contributed by atoms with Crippen LogP contribution in [0.5, 0.6) is 0 Å². The molecule has 84 valence electrons. The Morgan fingerprint density at radius 1 is 1.33 bits per heavy atom. The van der Waals surface area contributed by atoms with E-state index in [1.54, 1.807) is 0 Å². The molecule has 0 aliphatic carbocycles. The van der Waals surface area contributed by atoms with Crippen molar-refractivity contribution in [3.05, 3.63) is 11.2 Å². The zero-order valence-electron chi connectivity index (χ0n) is 7.66. The molecule has 0 aromatic rings. The van der Waals surface area contributed by atoms with E-state index in [-0.39, 0.29) is 17.3 Å². The number of allylic oxidation sites excluding steroid dienone is 1. The van der Waals surface area contributed by atoms with Gasteiger partial charge >= 0.3 is 0 Å². The fourth-order valence-electron chi connectivity index (χ4n) is 1.44. The van der Waals surface area contributed by atoms with Crippen LogP contribution in [0.25, 0.3) is 0 Å². The van der Waals surface area contributed by atoms with Crippen LogP contribution in [0.3, 0.4) is 0 Å². The summed E-state index contributed by atoms with van der Waals surface area (Å²) in [5.74, 6) is 0.143. The molecule has 0 amide bonds. The molecule has 2 aliphatic heterocycles. The average molecular weight is 251 g/mol. The molecule has 0 aromatic carbocycles. The summed E-state index contributed by atoms with van der Waals surface area (Å²) in [6.45, 7) is 0. The highest BCUT2D eigenvalue weighted by Crippen LogP contribution is 2.19. The summed E-state index contributed by atoms with van der Waals surface area (Å²) < 4.78 is 52.3. The van der Waals surface area contributed by atoms with Crippen LogP contribution < -0.4 is 0 Å². The van der Waals surface area contributed by atoms with E-state index in [2.05, 4.69) is 4.40 Å². The Bertz CT molecular complexity index is 528. The van der Waals surface area contributed by atoms with Crippen LogP contribution in [0.15, 0.2) is 15.6 Å². The molecule has 1 unspecified atom stereocenters. The number of sulfone groups is 1. The van der Waals surface area contributed by atoms with Gasteiger partial charge in [-0.25, -0.2) is 8.42 Å². The predicted molar refractivity (Wildman–Crippen MR) is 53.6 cm³/mol. The van der Waals surface area contributed by atoms with E-state index < -0.39 is 26.0 Å². The summed E-state index contributed by atoms with van der Waals surface area (Å²) in [5.41, 5.74) is 0. The van der Waals surface area contributed by atoms with E-state index in [0.29, 0.717) is 6.42 Å². The lowest BCUT2D eigenvalue weighted by Gasteiger charge is -2.09. The van der Waals surface area contributed by atoms with Crippen molar-refractivity contribution < 1.29 is 21.6 Å². The molecule has 0 aromatic heterocycles. The van der Waals surface area contributed by atoms with Crippen molar-refractivity contribution in [3.8, 4) is 0 Å². The van der Waals surface area contributed by atoms with E-state index in [9.17, 15) is 16.8 Å². The quantitative estimate of drug-likeness (QED) is 0.656. The normalized spacial score (nSPS) is 31.5. The second kappa shape index (κ2) is 3.31. The van der Waals surface area contributed by atoms with Crippen LogP contribution >= 0.6 is 0 Å². The van der Waals surface area contributed by atoms with E-state index in [1.165, 1.54) is 0 Å². The van der Waals surface area contributed by atoms with Crippen LogP contribution in [0.1, 0.15) is 6.42 Å². The summed E-state index contributed by atoms with van der Waals surface area (Å²) >= 11 is 0. The summed E-state index contributed by atoms with van der Waals surface area (Å²) in [5, 5.41) is 0.887. The predicted octanol–water partition coefficient (Wildman–Crippen LogP) is -0.554. The molecular weight excluding hydrogens is 242 g/mol. The van der Waals surface area contributed by atoms with Crippen molar-refractivity contribution in [3.63, 3.8) is 0 Å². The van der Waals surface area contributed by atoms with Gasteiger partial charge in [-0.2, -0.15) is 12.8 Å². The molecule has 2 rings (SSSR count). The molecule has 0 radical (unpaired) electrons. The second-order valence-corrected chi connectivity index (χ2v) is 7.12. The van der Waals surface area contributed by atoms with Crippen molar-refractivity contribution in [1.82, 2.24) is 0 Å². The molecule has 2 aliphatic rings.